The van der Waals surface area contributed by atoms with Gasteiger partial charge in [0.25, 0.3) is 0 Å². The van der Waals surface area contributed by atoms with Gasteiger partial charge in [-0.15, -0.1) is 5.10 Å². The Morgan fingerprint density at radius 2 is 2.19 bits per heavy atom. The van der Waals surface area contributed by atoms with E-state index in [1.54, 1.807) is 16.8 Å². The highest BCUT2D eigenvalue weighted by Gasteiger charge is 2.18. The number of esters is 1. The first-order chi connectivity index (χ1) is 13.1. The quantitative estimate of drug-likeness (QED) is 0.424. The van der Waals surface area contributed by atoms with E-state index in [1.165, 1.54) is 38.9 Å². The van der Waals surface area contributed by atoms with Crippen LogP contribution < -0.4 is 0 Å². The molecule has 0 N–H and O–H groups in total. The predicted octanol–water partition coefficient (Wildman–Crippen LogP) is 4.10. The Labute approximate surface area is 163 Å². The lowest BCUT2D eigenvalue weighted by Crippen LogP contribution is -2.09. The molecule has 3 rings (SSSR count). The number of ether oxygens (including phenoxy) is 2. The lowest BCUT2D eigenvalue weighted by molar-refractivity contribution is -0.133. The van der Waals surface area contributed by atoms with Gasteiger partial charge < -0.3 is 9.47 Å². The number of carbonyl (C=O) groups is 1. The molecule has 0 atom stereocenters. The van der Waals surface area contributed by atoms with Crippen molar-refractivity contribution < 1.29 is 14.3 Å². The Bertz CT molecular complexity index is 886. The summed E-state index contributed by atoms with van der Waals surface area (Å²) in [4.78, 5) is 12.2. The van der Waals surface area contributed by atoms with Gasteiger partial charge in [0.15, 0.2) is 0 Å². The standard InChI is InChI=1S/C20H22ClN3O3/c1-26-13-18(20(25)27-2)17-10-16(21)9-8-15(17)11-24-12-19(22-23-24)14-6-4-3-5-7-14/h6,8-10,12-13H,3-5,7,11H2,1-2H3/b18-13+. The molecule has 142 valence electrons. The van der Waals surface area contributed by atoms with Crippen LogP contribution in [0.5, 0.6) is 0 Å². The van der Waals surface area contributed by atoms with Crippen LogP contribution in [0.15, 0.2) is 36.7 Å². The molecule has 0 fully saturated rings. The SMILES string of the molecule is CO/C=C(/C(=O)OC)c1cc(Cl)ccc1Cn1cc(C2=CCCCC2)nn1. The minimum absolute atomic E-state index is 0.299. The summed E-state index contributed by atoms with van der Waals surface area (Å²) >= 11 is 6.16. The van der Waals surface area contributed by atoms with Gasteiger partial charge in [-0.05, 0) is 54.5 Å². The van der Waals surface area contributed by atoms with E-state index in [4.69, 9.17) is 21.1 Å². The highest BCUT2D eigenvalue weighted by Crippen LogP contribution is 2.27. The van der Waals surface area contributed by atoms with Gasteiger partial charge in [-0.25, -0.2) is 9.48 Å². The van der Waals surface area contributed by atoms with Gasteiger partial charge in [0, 0.05) is 5.02 Å². The predicted molar refractivity (Wildman–Crippen MR) is 104 cm³/mol. The van der Waals surface area contributed by atoms with Crippen molar-refractivity contribution in [1.82, 2.24) is 15.0 Å². The summed E-state index contributed by atoms with van der Waals surface area (Å²) in [5, 5.41) is 9.07. The van der Waals surface area contributed by atoms with Crippen molar-refractivity contribution in [3.8, 4) is 0 Å². The van der Waals surface area contributed by atoms with E-state index >= 15 is 0 Å². The van der Waals surface area contributed by atoms with Crippen LogP contribution in [0, 0.1) is 0 Å². The van der Waals surface area contributed by atoms with Crippen LogP contribution in [0.1, 0.15) is 42.5 Å². The maximum atomic E-state index is 12.2. The summed E-state index contributed by atoms with van der Waals surface area (Å²) in [6.45, 7) is 0.449. The fourth-order valence-electron chi connectivity index (χ4n) is 3.15. The molecule has 2 aromatic rings. The molecule has 1 aromatic carbocycles. The first-order valence-electron chi connectivity index (χ1n) is 8.82. The Balaban J connectivity index is 1.91. The molecule has 0 radical (unpaired) electrons. The fraction of sp³-hybridized carbons (Fsp3) is 0.350. The van der Waals surface area contributed by atoms with Gasteiger partial charge in [-0.3, -0.25) is 0 Å². The van der Waals surface area contributed by atoms with Crippen molar-refractivity contribution in [2.24, 2.45) is 0 Å². The molecule has 1 heterocycles. The molecule has 1 aliphatic carbocycles. The average molecular weight is 388 g/mol. The normalized spacial score (nSPS) is 14.6. The van der Waals surface area contributed by atoms with Crippen LogP contribution in [0.25, 0.3) is 11.1 Å². The first-order valence-corrected chi connectivity index (χ1v) is 9.19. The van der Waals surface area contributed by atoms with Gasteiger partial charge >= 0.3 is 5.97 Å². The highest BCUT2D eigenvalue weighted by molar-refractivity contribution is 6.31. The van der Waals surface area contributed by atoms with E-state index < -0.39 is 5.97 Å². The molecule has 1 aliphatic rings. The minimum atomic E-state index is -0.494. The molecule has 7 heteroatoms. The van der Waals surface area contributed by atoms with E-state index in [0.717, 1.165) is 24.1 Å². The second kappa shape index (κ2) is 8.86. The van der Waals surface area contributed by atoms with Gasteiger partial charge in [0.2, 0.25) is 0 Å². The van der Waals surface area contributed by atoms with E-state index in [1.807, 2.05) is 12.3 Å². The van der Waals surface area contributed by atoms with Crippen molar-refractivity contribution in [3.63, 3.8) is 0 Å². The molecule has 0 bridgehead atoms. The second-order valence-electron chi connectivity index (χ2n) is 6.34. The average Bonchev–Trinajstić information content (AvgIpc) is 3.16. The van der Waals surface area contributed by atoms with Crippen molar-refractivity contribution in [3.05, 3.63) is 58.6 Å². The van der Waals surface area contributed by atoms with Crippen LogP contribution in [0.4, 0.5) is 0 Å². The highest BCUT2D eigenvalue weighted by atomic mass is 35.5. The zero-order valence-corrected chi connectivity index (χ0v) is 16.2. The summed E-state index contributed by atoms with van der Waals surface area (Å²) in [5.41, 5.74) is 3.96. The minimum Gasteiger partial charge on any atom is -0.503 e. The Hall–Kier alpha value is -2.60. The molecule has 27 heavy (non-hydrogen) atoms. The van der Waals surface area contributed by atoms with E-state index in [0.29, 0.717) is 22.7 Å². The van der Waals surface area contributed by atoms with Crippen molar-refractivity contribution in [2.45, 2.75) is 32.2 Å². The first kappa shape index (κ1) is 19.2. The van der Waals surface area contributed by atoms with Crippen molar-refractivity contribution in [1.29, 1.82) is 0 Å². The molecule has 0 unspecified atom stereocenters. The summed E-state index contributed by atoms with van der Waals surface area (Å²) in [6.07, 6.45) is 10.1. The molecule has 0 saturated heterocycles. The zero-order valence-electron chi connectivity index (χ0n) is 15.4. The number of carbonyl (C=O) groups excluding carboxylic acids is 1. The number of halogens is 1. The molecule has 1 aromatic heterocycles. The summed E-state index contributed by atoms with van der Waals surface area (Å²) in [5.74, 6) is -0.494. The van der Waals surface area contributed by atoms with Crippen molar-refractivity contribution in [2.75, 3.05) is 14.2 Å². The number of nitrogens with zero attached hydrogens (tertiary/aromatic N) is 3. The maximum absolute atomic E-state index is 12.2. The third-order valence-electron chi connectivity index (χ3n) is 4.49. The number of methoxy groups -OCH3 is 2. The third-order valence-corrected chi connectivity index (χ3v) is 4.73. The van der Waals surface area contributed by atoms with Gasteiger partial charge in [-0.2, -0.15) is 0 Å². The number of allylic oxidation sites excluding steroid dienone is 2. The van der Waals surface area contributed by atoms with Crippen molar-refractivity contribution >= 4 is 28.7 Å². The lowest BCUT2D eigenvalue weighted by atomic mass is 9.98. The topological polar surface area (TPSA) is 66.2 Å². The van der Waals surface area contributed by atoms with Crippen LogP contribution >= 0.6 is 11.6 Å². The number of hydrogen-bond donors (Lipinski definition) is 0. The van der Waals surface area contributed by atoms with Crippen LogP contribution in [-0.2, 0) is 20.8 Å². The largest absolute Gasteiger partial charge is 0.503 e. The molecule has 6 nitrogen and oxygen atoms in total. The smallest absolute Gasteiger partial charge is 0.341 e. The Morgan fingerprint density at radius 3 is 2.89 bits per heavy atom. The van der Waals surface area contributed by atoms with E-state index in [9.17, 15) is 4.79 Å². The summed E-state index contributed by atoms with van der Waals surface area (Å²) in [6, 6.07) is 5.37. The van der Waals surface area contributed by atoms with Crippen LogP contribution in [-0.4, -0.2) is 35.2 Å². The van der Waals surface area contributed by atoms with E-state index in [-0.39, 0.29) is 0 Å². The van der Waals surface area contributed by atoms with Crippen LogP contribution in [0.2, 0.25) is 5.02 Å². The number of hydrogen-bond acceptors (Lipinski definition) is 5. The van der Waals surface area contributed by atoms with Gasteiger partial charge in [0.1, 0.15) is 11.3 Å². The molecular weight excluding hydrogens is 366 g/mol. The fourth-order valence-corrected chi connectivity index (χ4v) is 3.33. The Morgan fingerprint density at radius 1 is 1.33 bits per heavy atom. The zero-order chi connectivity index (χ0) is 19.2. The molecular formula is C20H22ClN3O3. The van der Waals surface area contributed by atoms with Gasteiger partial charge in [0.05, 0.1) is 33.2 Å². The summed E-state index contributed by atoms with van der Waals surface area (Å²) < 4.78 is 11.7. The van der Waals surface area contributed by atoms with Crippen LogP contribution in [0.3, 0.4) is 0 Å². The monoisotopic (exact) mass is 387 g/mol. The molecule has 0 amide bonds. The second-order valence-corrected chi connectivity index (χ2v) is 6.77. The molecule has 0 aliphatic heterocycles. The number of rotatable bonds is 6. The number of benzene rings is 1. The maximum Gasteiger partial charge on any atom is 0.341 e. The Kier molecular flexibility index (Phi) is 6.29. The molecule has 0 spiro atoms. The number of aromatic nitrogens is 3. The third kappa shape index (κ3) is 4.57. The molecule has 0 saturated carbocycles. The summed E-state index contributed by atoms with van der Waals surface area (Å²) in [7, 11) is 2.81. The van der Waals surface area contributed by atoms with E-state index in [2.05, 4.69) is 16.4 Å². The lowest BCUT2D eigenvalue weighted by Gasteiger charge is -2.12. The van der Waals surface area contributed by atoms with Gasteiger partial charge in [-0.1, -0.05) is 29.0 Å².